The first-order valence-electron chi connectivity index (χ1n) is 4.90. The average molecular weight is 316 g/mol. The fourth-order valence-corrected chi connectivity index (χ4v) is 2.59. The van der Waals surface area contributed by atoms with E-state index in [-0.39, 0.29) is 0 Å². The van der Waals surface area contributed by atoms with E-state index in [1.807, 2.05) is 0 Å². The Bertz CT molecular complexity index is 103. The third kappa shape index (κ3) is 9.23. The molecule has 3 heteroatoms. The summed E-state index contributed by atoms with van der Waals surface area (Å²) < 4.78 is 5.54. The van der Waals surface area contributed by atoms with E-state index >= 15 is 0 Å². The second-order valence-corrected chi connectivity index (χ2v) is 5.05. The zero-order valence-corrected chi connectivity index (χ0v) is 11.7. The molecule has 0 aliphatic carbocycles. The average Bonchev–Trinajstić information content (AvgIpc) is 2.11. The molecular weight excluding hydrogens is 296 g/mol. The van der Waals surface area contributed by atoms with Crippen LogP contribution >= 0.6 is 31.9 Å². The van der Waals surface area contributed by atoms with E-state index < -0.39 is 0 Å². The highest BCUT2D eigenvalue weighted by molar-refractivity contribution is 9.09. The van der Waals surface area contributed by atoms with Crippen molar-refractivity contribution in [2.45, 2.75) is 26.7 Å². The maximum Gasteiger partial charge on any atom is 0.0469 e. The Morgan fingerprint density at radius 2 is 1.54 bits per heavy atom. The first kappa shape index (κ1) is 13.9. The van der Waals surface area contributed by atoms with Crippen LogP contribution in [0.1, 0.15) is 26.7 Å². The summed E-state index contributed by atoms with van der Waals surface area (Å²) in [5.74, 6) is 1.46. The summed E-state index contributed by atoms with van der Waals surface area (Å²) in [6.45, 7) is 6.26. The van der Waals surface area contributed by atoms with Crippen LogP contribution in [0.25, 0.3) is 0 Å². The fourth-order valence-electron chi connectivity index (χ4n) is 0.867. The van der Waals surface area contributed by atoms with Gasteiger partial charge >= 0.3 is 0 Å². The smallest absolute Gasteiger partial charge is 0.0469 e. The van der Waals surface area contributed by atoms with Gasteiger partial charge in [-0.3, -0.25) is 0 Å². The van der Waals surface area contributed by atoms with Crippen LogP contribution in [0.5, 0.6) is 0 Å². The molecule has 0 atom stereocenters. The number of hydrogen-bond acceptors (Lipinski definition) is 1. The first-order valence-corrected chi connectivity index (χ1v) is 7.14. The molecule has 0 amide bonds. The summed E-state index contributed by atoms with van der Waals surface area (Å²) in [4.78, 5) is 0. The molecule has 0 saturated heterocycles. The molecule has 0 aliphatic rings. The number of ether oxygens (including phenoxy) is 1. The van der Waals surface area contributed by atoms with Gasteiger partial charge in [0.15, 0.2) is 0 Å². The van der Waals surface area contributed by atoms with E-state index in [0.717, 1.165) is 36.2 Å². The standard InChI is InChI=1S/C10H20Br2O/c1-9(2)3-5-13-6-4-10(7-11)8-12/h9-10H,3-8H2,1-2H3. The molecule has 1 nitrogen and oxygen atoms in total. The number of rotatable bonds is 8. The predicted molar refractivity (Wildman–Crippen MR) is 66.0 cm³/mol. The molecule has 0 radical (unpaired) electrons. The lowest BCUT2D eigenvalue weighted by atomic mass is 10.1. The van der Waals surface area contributed by atoms with E-state index in [4.69, 9.17) is 4.74 Å². The van der Waals surface area contributed by atoms with E-state index in [1.54, 1.807) is 0 Å². The lowest BCUT2D eigenvalue weighted by Gasteiger charge is -2.11. The van der Waals surface area contributed by atoms with Gasteiger partial charge in [-0.1, -0.05) is 45.7 Å². The number of alkyl halides is 2. The van der Waals surface area contributed by atoms with Crippen molar-refractivity contribution in [2.75, 3.05) is 23.9 Å². The topological polar surface area (TPSA) is 9.23 Å². The molecule has 0 heterocycles. The highest BCUT2D eigenvalue weighted by atomic mass is 79.9. The lowest BCUT2D eigenvalue weighted by molar-refractivity contribution is 0.115. The molecular formula is C10H20Br2O. The Labute approximate surface area is 98.9 Å². The molecule has 0 spiro atoms. The van der Waals surface area contributed by atoms with E-state index in [0.29, 0.717) is 5.92 Å². The molecule has 0 bridgehead atoms. The van der Waals surface area contributed by atoms with Crippen LogP contribution in [0.2, 0.25) is 0 Å². The van der Waals surface area contributed by atoms with Gasteiger partial charge in [-0.25, -0.2) is 0 Å². The van der Waals surface area contributed by atoms with Crippen LogP contribution in [0.4, 0.5) is 0 Å². The van der Waals surface area contributed by atoms with Gasteiger partial charge in [-0.2, -0.15) is 0 Å². The number of hydrogen-bond donors (Lipinski definition) is 0. The van der Waals surface area contributed by atoms with Gasteiger partial charge in [-0.05, 0) is 24.7 Å². The molecule has 0 unspecified atom stereocenters. The molecule has 80 valence electrons. The Balaban J connectivity index is 3.14. The lowest BCUT2D eigenvalue weighted by Crippen LogP contribution is -2.09. The zero-order chi connectivity index (χ0) is 10.1. The first-order chi connectivity index (χ1) is 6.20. The normalized spacial score (nSPS) is 11.5. The van der Waals surface area contributed by atoms with E-state index in [9.17, 15) is 0 Å². The Morgan fingerprint density at radius 3 is 2.00 bits per heavy atom. The van der Waals surface area contributed by atoms with Crippen LogP contribution in [0.3, 0.4) is 0 Å². The summed E-state index contributed by atoms with van der Waals surface area (Å²) in [6, 6.07) is 0. The molecule has 0 N–H and O–H groups in total. The van der Waals surface area contributed by atoms with Crippen molar-refractivity contribution in [1.82, 2.24) is 0 Å². The summed E-state index contributed by atoms with van der Waals surface area (Å²) in [5.41, 5.74) is 0. The van der Waals surface area contributed by atoms with Crippen molar-refractivity contribution in [1.29, 1.82) is 0 Å². The van der Waals surface area contributed by atoms with Crippen molar-refractivity contribution in [3.05, 3.63) is 0 Å². The third-order valence-corrected chi connectivity index (χ3v) is 3.78. The molecule has 0 aromatic rings. The Morgan fingerprint density at radius 1 is 1.00 bits per heavy atom. The van der Waals surface area contributed by atoms with Crippen molar-refractivity contribution in [2.24, 2.45) is 11.8 Å². The van der Waals surface area contributed by atoms with Crippen molar-refractivity contribution in [3.63, 3.8) is 0 Å². The van der Waals surface area contributed by atoms with Crippen molar-refractivity contribution in [3.8, 4) is 0 Å². The summed E-state index contributed by atoms with van der Waals surface area (Å²) in [5, 5.41) is 2.12. The van der Waals surface area contributed by atoms with Gasteiger partial charge in [0.05, 0.1) is 0 Å². The molecule has 0 saturated carbocycles. The number of halogens is 2. The highest BCUT2D eigenvalue weighted by Gasteiger charge is 2.04. The van der Waals surface area contributed by atoms with Crippen LogP contribution in [-0.4, -0.2) is 23.9 Å². The Hall–Kier alpha value is 0.920. The van der Waals surface area contributed by atoms with Crippen LogP contribution in [0.15, 0.2) is 0 Å². The summed E-state index contributed by atoms with van der Waals surface area (Å²) in [6.07, 6.45) is 2.32. The fraction of sp³-hybridized carbons (Fsp3) is 1.00. The summed E-state index contributed by atoms with van der Waals surface area (Å²) in [7, 11) is 0. The largest absolute Gasteiger partial charge is 0.381 e. The molecule has 0 aliphatic heterocycles. The van der Waals surface area contributed by atoms with Gasteiger partial charge in [0.25, 0.3) is 0 Å². The van der Waals surface area contributed by atoms with E-state index in [1.165, 1.54) is 6.42 Å². The van der Waals surface area contributed by atoms with E-state index in [2.05, 4.69) is 45.7 Å². The minimum Gasteiger partial charge on any atom is -0.381 e. The van der Waals surface area contributed by atoms with Gasteiger partial charge in [0, 0.05) is 23.9 Å². The third-order valence-electron chi connectivity index (χ3n) is 1.95. The maximum absolute atomic E-state index is 5.54. The van der Waals surface area contributed by atoms with Gasteiger partial charge in [0.2, 0.25) is 0 Å². The predicted octanol–water partition coefficient (Wildman–Crippen LogP) is 3.85. The molecule has 0 aromatic heterocycles. The SMILES string of the molecule is CC(C)CCOCCC(CBr)CBr. The molecule has 0 aromatic carbocycles. The zero-order valence-electron chi connectivity index (χ0n) is 8.56. The maximum atomic E-state index is 5.54. The molecule has 0 fully saturated rings. The van der Waals surface area contributed by atoms with Crippen LogP contribution in [0, 0.1) is 11.8 Å². The quantitative estimate of drug-likeness (QED) is 0.488. The van der Waals surface area contributed by atoms with Crippen molar-refractivity contribution < 1.29 is 4.74 Å². The van der Waals surface area contributed by atoms with Crippen LogP contribution in [-0.2, 0) is 4.74 Å². The van der Waals surface area contributed by atoms with Gasteiger partial charge in [-0.15, -0.1) is 0 Å². The highest BCUT2D eigenvalue weighted by Crippen LogP contribution is 2.10. The molecule has 0 rings (SSSR count). The monoisotopic (exact) mass is 314 g/mol. The molecule has 13 heavy (non-hydrogen) atoms. The van der Waals surface area contributed by atoms with Crippen molar-refractivity contribution >= 4 is 31.9 Å². The second-order valence-electron chi connectivity index (χ2n) is 3.76. The minimum absolute atomic E-state index is 0.707. The minimum atomic E-state index is 0.707. The summed E-state index contributed by atoms with van der Waals surface area (Å²) >= 11 is 6.97. The van der Waals surface area contributed by atoms with Gasteiger partial charge < -0.3 is 4.74 Å². The Kier molecular flexibility index (Phi) is 10.1. The second kappa shape index (κ2) is 9.47. The van der Waals surface area contributed by atoms with Gasteiger partial charge in [0.1, 0.15) is 0 Å². The van der Waals surface area contributed by atoms with Crippen LogP contribution < -0.4 is 0 Å².